The number of aliphatic hydroxyl groups excluding tert-OH is 1. The lowest BCUT2D eigenvalue weighted by Crippen LogP contribution is -2.48. The molecule has 0 aromatic rings. The Balaban J connectivity index is 1.67. The average Bonchev–Trinajstić information content (AvgIpc) is 2.81. The van der Waals surface area contributed by atoms with E-state index in [0.717, 1.165) is 18.3 Å². The lowest BCUT2D eigenvalue weighted by molar-refractivity contribution is -0.0111. The van der Waals surface area contributed by atoms with Crippen molar-refractivity contribution in [2.45, 2.75) is 64.5 Å². The van der Waals surface area contributed by atoms with Crippen molar-refractivity contribution < 1.29 is 5.11 Å². The number of likely N-dealkylation sites (tertiary alicyclic amines) is 1. The van der Waals surface area contributed by atoms with Gasteiger partial charge in [-0.2, -0.15) is 0 Å². The summed E-state index contributed by atoms with van der Waals surface area (Å²) in [5.41, 5.74) is 0.432. The normalized spacial score (nSPS) is 46.1. The van der Waals surface area contributed by atoms with Gasteiger partial charge >= 0.3 is 0 Å². The summed E-state index contributed by atoms with van der Waals surface area (Å²) < 4.78 is 0. The van der Waals surface area contributed by atoms with Crippen LogP contribution in [0.2, 0.25) is 0 Å². The van der Waals surface area contributed by atoms with E-state index in [1.54, 1.807) is 0 Å². The molecule has 0 bridgehead atoms. The van der Waals surface area contributed by atoms with Crippen molar-refractivity contribution in [2.75, 3.05) is 13.1 Å². The molecule has 0 amide bonds. The van der Waals surface area contributed by atoms with E-state index < -0.39 is 0 Å². The second kappa shape index (κ2) is 4.24. The molecule has 2 nitrogen and oxygen atoms in total. The number of hydrogen-bond acceptors (Lipinski definition) is 2. The molecular weight excluding hydrogens is 210 g/mol. The summed E-state index contributed by atoms with van der Waals surface area (Å²) >= 11 is 0. The first-order valence-corrected chi connectivity index (χ1v) is 7.47. The van der Waals surface area contributed by atoms with Crippen LogP contribution in [0.15, 0.2) is 0 Å². The van der Waals surface area contributed by atoms with Crippen LogP contribution in [0.5, 0.6) is 0 Å². The van der Waals surface area contributed by atoms with E-state index in [2.05, 4.69) is 18.7 Å². The van der Waals surface area contributed by atoms with E-state index >= 15 is 0 Å². The van der Waals surface area contributed by atoms with Crippen molar-refractivity contribution in [1.82, 2.24) is 4.90 Å². The fraction of sp³-hybridized carbons (Fsp3) is 1.00. The highest BCUT2D eigenvalue weighted by atomic mass is 16.3. The number of nitrogens with zero attached hydrogens (tertiary/aromatic N) is 1. The van der Waals surface area contributed by atoms with Crippen LogP contribution in [0.4, 0.5) is 0 Å². The van der Waals surface area contributed by atoms with Crippen molar-refractivity contribution in [3.05, 3.63) is 0 Å². The molecule has 2 heteroatoms. The van der Waals surface area contributed by atoms with Gasteiger partial charge in [0.25, 0.3) is 0 Å². The van der Waals surface area contributed by atoms with Gasteiger partial charge in [-0.1, -0.05) is 20.3 Å². The lowest BCUT2D eigenvalue weighted by Gasteiger charge is -2.43. The predicted octanol–water partition coefficient (Wildman–Crippen LogP) is 2.66. The molecule has 4 unspecified atom stereocenters. The van der Waals surface area contributed by atoms with Crippen LogP contribution in [0, 0.1) is 17.3 Å². The van der Waals surface area contributed by atoms with Crippen LogP contribution in [0.3, 0.4) is 0 Å². The molecule has 2 saturated carbocycles. The van der Waals surface area contributed by atoms with E-state index in [1.807, 2.05) is 0 Å². The Hall–Kier alpha value is -0.0800. The fourth-order valence-electron chi connectivity index (χ4n) is 4.45. The van der Waals surface area contributed by atoms with Gasteiger partial charge in [-0.05, 0) is 49.4 Å². The zero-order valence-electron chi connectivity index (χ0n) is 11.4. The molecule has 3 rings (SSSR count). The SMILES string of the molecule is CC1(C)CCC(O)C(N2CC3CCCC3C2)C1. The summed E-state index contributed by atoms with van der Waals surface area (Å²) in [6.07, 6.45) is 7.63. The molecule has 3 fully saturated rings. The third-order valence-corrected chi connectivity index (χ3v) is 5.55. The molecule has 17 heavy (non-hydrogen) atoms. The smallest absolute Gasteiger partial charge is 0.0695 e. The van der Waals surface area contributed by atoms with Gasteiger partial charge < -0.3 is 5.11 Å². The van der Waals surface area contributed by atoms with Gasteiger partial charge in [0.05, 0.1) is 6.10 Å². The lowest BCUT2D eigenvalue weighted by atomic mass is 9.73. The van der Waals surface area contributed by atoms with E-state index in [4.69, 9.17) is 0 Å². The number of hydrogen-bond donors (Lipinski definition) is 1. The standard InChI is InChI=1S/C15H27NO/c1-15(2)7-6-14(17)13(8-15)16-9-11-4-3-5-12(11)10-16/h11-14,17H,3-10H2,1-2H3. The van der Waals surface area contributed by atoms with Crippen LogP contribution in [-0.4, -0.2) is 35.2 Å². The molecular formula is C15H27NO. The first-order chi connectivity index (χ1) is 8.05. The highest BCUT2D eigenvalue weighted by molar-refractivity contribution is 4.97. The second-order valence-corrected chi connectivity index (χ2v) is 7.45. The number of rotatable bonds is 1. The Morgan fingerprint density at radius 3 is 2.35 bits per heavy atom. The monoisotopic (exact) mass is 237 g/mol. The second-order valence-electron chi connectivity index (χ2n) is 7.45. The van der Waals surface area contributed by atoms with Crippen molar-refractivity contribution in [3.63, 3.8) is 0 Å². The summed E-state index contributed by atoms with van der Waals surface area (Å²) in [6.45, 7) is 7.26. The highest BCUT2D eigenvalue weighted by Crippen LogP contribution is 2.43. The third-order valence-electron chi connectivity index (χ3n) is 5.55. The Morgan fingerprint density at radius 2 is 1.71 bits per heavy atom. The quantitative estimate of drug-likeness (QED) is 0.758. The summed E-state index contributed by atoms with van der Waals surface area (Å²) in [4.78, 5) is 2.63. The predicted molar refractivity (Wildman–Crippen MR) is 69.8 cm³/mol. The summed E-state index contributed by atoms with van der Waals surface area (Å²) in [5.74, 6) is 1.90. The molecule has 0 radical (unpaired) electrons. The van der Waals surface area contributed by atoms with Crippen LogP contribution < -0.4 is 0 Å². The molecule has 0 aromatic heterocycles. The topological polar surface area (TPSA) is 23.5 Å². The fourth-order valence-corrected chi connectivity index (χ4v) is 4.45. The van der Waals surface area contributed by atoms with Crippen molar-refractivity contribution >= 4 is 0 Å². The Bertz CT molecular complexity index is 277. The number of fused-ring (bicyclic) bond motifs is 1. The van der Waals surface area contributed by atoms with Gasteiger partial charge in [0.2, 0.25) is 0 Å². The molecule has 1 saturated heterocycles. The van der Waals surface area contributed by atoms with Crippen LogP contribution >= 0.6 is 0 Å². The van der Waals surface area contributed by atoms with E-state index in [9.17, 15) is 5.11 Å². The maximum absolute atomic E-state index is 10.3. The molecule has 3 aliphatic rings. The molecule has 1 heterocycles. The van der Waals surface area contributed by atoms with E-state index in [-0.39, 0.29) is 6.10 Å². The van der Waals surface area contributed by atoms with Gasteiger partial charge in [0, 0.05) is 19.1 Å². The molecule has 1 N–H and O–H groups in total. The van der Waals surface area contributed by atoms with Gasteiger partial charge in [0.15, 0.2) is 0 Å². The molecule has 4 atom stereocenters. The third kappa shape index (κ3) is 2.26. The highest BCUT2D eigenvalue weighted by Gasteiger charge is 2.43. The van der Waals surface area contributed by atoms with Gasteiger partial charge in [-0.3, -0.25) is 4.90 Å². The molecule has 2 aliphatic carbocycles. The Kier molecular flexibility index (Phi) is 2.99. The maximum Gasteiger partial charge on any atom is 0.0695 e. The van der Waals surface area contributed by atoms with Crippen LogP contribution in [-0.2, 0) is 0 Å². The van der Waals surface area contributed by atoms with Crippen molar-refractivity contribution in [1.29, 1.82) is 0 Å². The zero-order valence-corrected chi connectivity index (χ0v) is 11.4. The van der Waals surface area contributed by atoms with Crippen molar-refractivity contribution in [3.8, 4) is 0 Å². The van der Waals surface area contributed by atoms with E-state index in [1.165, 1.54) is 45.2 Å². The first-order valence-electron chi connectivity index (χ1n) is 7.47. The summed E-state index contributed by atoms with van der Waals surface area (Å²) in [5, 5.41) is 10.3. The summed E-state index contributed by atoms with van der Waals surface area (Å²) in [7, 11) is 0. The Morgan fingerprint density at radius 1 is 1.06 bits per heavy atom. The van der Waals surface area contributed by atoms with Gasteiger partial charge in [-0.25, -0.2) is 0 Å². The molecule has 0 spiro atoms. The number of aliphatic hydroxyl groups is 1. The maximum atomic E-state index is 10.3. The zero-order chi connectivity index (χ0) is 12.0. The first kappa shape index (κ1) is 12.0. The minimum Gasteiger partial charge on any atom is -0.391 e. The van der Waals surface area contributed by atoms with Gasteiger partial charge in [0.1, 0.15) is 0 Å². The van der Waals surface area contributed by atoms with Crippen LogP contribution in [0.25, 0.3) is 0 Å². The minimum atomic E-state index is -0.0677. The van der Waals surface area contributed by atoms with Crippen molar-refractivity contribution in [2.24, 2.45) is 17.3 Å². The van der Waals surface area contributed by atoms with Gasteiger partial charge in [-0.15, -0.1) is 0 Å². The summed E-state index contributed by atoms with van der Waals surface area (Å²) in [6, 6.07) is 0.448. The minimum absolute atomic E-state index is 0.0677. The Labute approximate surface area is 105 Å². The van der Waals surface area contributed by atoms with E-state index in [0.29, 0.717) is 11.5 Å². The largest absolute Gasteiger partial charge is 0.391 e. The molecule has 1 aliphatic heterocycles. The molecule has 98 valence electrons. The molecule has 0 aromatic carbocycles. The van der Waals surface area contributed by atoms with Crippen LogP contribution in [0.1, 0.15) is 52.4 Å². The average molecular weight is 237 g/mol.